The van der Waals surface area contributed by atoms with E-state index in [2.05, 4.69) is 29.1 Å². The van der Waals surface area contributed by atoms with Crippen molar-refractivity contribution in [3.8, 4) is 0 Å². The Morgan fingerprint density at radius 2 is 2.35 bits per heavy atom. The molecule has 1 heterocycles. The third-order valence-corrected chi connectivity index (χ3v) is 2.10. The molecule has 6 heteroatoms. The molecule has 1 aromatic heterocycles. The molecular weight excluding hydrogens is 236 g/mol. The largest absolute Gasteiger partial charge is 0.388 e. The van der Waals surface area contributed by atoms with E-state index >= 15 is 0 Å². The minimum atomic E-state index is 0.270. The molecule has 0 fully saturated rings. The van der Waals surface area contributed by atoms with Gasteiger partial charge in [-0.25, -0.2) is 9.97 Å². The van der Waals surface area contributed by atoms with Crippen LogP contribution in [-0.2, 0) is 4.74 Å². The van der Waals surface area contributed by atoms with Crippen LogP contribution in [0.5, 0.6) is 0 Å². The molecule has 0 aliphatic heterocycles. The van der Waals surface area contributed by atoms with E-state index in [1.807, 2.05) is 0 Å². The van der Waals surface area contributed by atoms with Crippen LogP contribution in [-0.4, -0.2) is 34.7 Å². The van der Waals surface area contributed by atoms with Crippen molar-refractivity contribution in [2.75, 3.05) is 25.1 Å². The zero-order chi connectivity index (χ0) is 12.7. The van der Waals surface area contributed by atoms with Crippen molar-refractivity contribution in [2.45, 2.75) is 13.8 Å². The maximum atomic E-state index is 5.48. The third-order valence-electron chi connectivity index (χ3n) is 1.89. The molecule has 0 saturated heterocycles. The lowest BCUT2D eigenvalue weighted by Gasteiger charge is -2.08. The molecule has 94 valence electrons. The van der Waals surface area contributed by atoms with Crippen molar-refractivity contribution in [1.82, 2.24) is 9.97 Å². The van der Waals surface area contributed by atoms with Crippen LogP contribution in [0.4, 0.5) is 5.95 Å². The lowest BCUT2D eigenvalue weighted by Crippen LogP contribution is -2.16. The quantitative estimate of drug-likeness (QED) is 0.562. The normalized spacial score (nSPS) is 10.5. The SMILES string of the molecule is CC(C)COCCNc1nccc(C(N)=S)n1. The minimum Gasteiger partial charge on any atom is -0.388 e. The van der Waals surface area contributed by atoms with Crippen LogP contribution in [0.25, 0.3) is 0 Å². The van der Waals surface area contributed by atoms with Crippen molar-refractivity contribution >= 4 is 23.2 Å². The summed E-state index contributed by atoms with van der Waals surface area (Å²) in [6.45, 7) is 6.27. The Balaban J connectivity index is 2.31. The predicted octanol–water partition coefficient (Wildman–Crippen LogP) is 1.20. The number of thiocarbonyl (C=S) groups is 1. The first kappa shape index (κ1) is 13.8. The van der Waals surface area contributed by atoms with Gasteiger partial charge in [0, 0.05) is 19.3 Å². The summed E-state index contributed by atoms with van der Waals surface area (Å²) in [4.78, 5) is 8.49. The fourth-order valence-electron chi connectivity index (χ4n) is 1.14. The van der Waals surface area contributed by atoms with Gasteiger partial charge in [-0.05, 0) is 12.0 Å². The zero-order valence-electron chi connectivity index (χ0n) is 10.1. The monoisotopic (exact) mass is 254 g/mol. The molecule has 0 spiro atoms. The van der Waals surface area contributed by atoms with E-state index in [0.29, 0.717) is 30.7 Å². The molecule has 0 saturated carbocycles. The lowest BCUT2D eigenvalue weighted by molar-refractivity contribution is 0.118. The Kier molecular flexibility index (Phi) is 5.79. The number of nitrogens with zero attached hydrogens (tertiary/aromatic N) is 2. The summed E-state index contributed by atoms with van der Waals surface area (Å²) in [5.74, 6) is 1.06. The minimum absolute atomic E-state index is 0.270. The summed E-state index contributed by atoms with van der Waals surface area (Å²) in [6, 6.07) is 1.68. The summed E-state index contributed by atoms with van der Waals surface area (Å²) in [5, 5.41) is 3.05. The molecular formula is C11H18N4OS. The molecule has 0 unspecified atom stereocenters. The van der Waals surface area contributed by atoms with Crippen LogP contribution in [0.3, 0.4) is 0 Å². The number of hydrogen-bond donors (Lipinski definition) is 2. The number of aromatic nitrogens is 2. The summed E-state index contributed by atoms with van der Waals surface area (Å²) >= 11 is 4.84. The highest BCUT2D eigenvalue weighted by Gasteiger charge is 2.01. The second-order valence-electron chi connectivity index (χ2n) is 4.03. The standard InChI is InChI=1S/C11H18N4OS/c1-8(2)7-16-6-5-14-11-13-4-3-9(15-11)10(12)17/h3-4,8H,5-7H2,1-2H3,(H2,12,17)(H,13,14,15). The van der Waals surface area contributed by atoms with Gasteiger partial charge in [0.05, 0.1) is 6.61 Å². The van der Waals surface area contributed by atoms with Crippen LogP contribution < -0.4 is 11.1 Å². The van der Waals surface area contributed by atoms with Crippen molar-refractivity contribution in [2.24, 2.45) is 11.7 Å². The Labute approximate surface area is 107 Å². The second-order valence-corrected chi connectivity index (χ2v) is 4.47. The van der Waals surface area contributed by atoms with Crippen LogP contribution in [0.2, 0.25) is 0 Å². The Morgan fingerprint density at radius 1 is 1.59 bits per heavy atom. The van der Waals surface area contributed by atoms with Gasteiger partial charge in [-0.1, -0.05) is 26.1 Å². The fourth-order valence-corrected chi connectivity index (χ4v) is 1.25. The highest BCUT2D eigenvalue weighted by molar-refractivity contribution is 7.80. The van der Waals surface area contributed by atoms with Crippen molar-refractivity contribution in [3.05, 3.63) is 18.0 Å². The van der Waals surface area contributed by atoms with Crippen molar-refractivity contribution in [1.29, 1.82) is 0 Å². The Bertz CT molecular complexity index is 370. The van der Waals surface area contributed by atoms with E-state index in [4.69, 9.17) is 22.7 Å². The van der Waals surface area contributed by atoms with Gasteiger partial charge in [0.1, 0.15) is 10.7 Å². The number of hydrogen-bond acceptors (Lipinski definition) is 5. The highest BCUT2D eigenvalue weighted by Crippen LogP contribution is 2.00. The Hall–Kier alpha value is -1.27. The van der Waals surface area contributed by atoms with Gasteiger partial charge in [0.2, 0.25) is 5.95 Å². The topological polar surface area (TPSA) is 73.1 Å². The molecule has 0 radical (unpaired) electrons. The molecule has 0 aliphatic carbocycles. The molecule has 0 aromatic carbocycles. The number of anilines is 1. The first-order chi connectivity index (χ1) is 8.09. The average Bonchev–Trinajstić information content (AvgIpc) is 2.28. The van der Waals surface area contributed by atoms with Gasteiger partial charge in [-0.15, -0.1) is 0 Å². The van der Waals surface area contributed by atoms with Crippen LogP contribution in [0.15, 0.2) is 12.3 Å². The number of rotatable bonds is 7. The predicted molar refractivity (Wildman–Crippen MR) is 72.1 cm³/mol. The maximum absolute atomic E-state index is 5.48. The molecule has 5 nitrogen and oxygen atoms in total. The molecule has 0 bridgehead atoms. The number of nitrogens with two attached hydrogens (primary N) is 1. The van der Waals surface area contributed by atoms with E-state index in [1.54, 1.807) is 12.3 Å². The average molecular weight is 254 g/mol. The molecule has 0 aliphatic rings. The van der Waals surface area contributed by atoms with E-state index in [9.17, 15) is 0 Å². The van der Waals surface area contributed by atoms with Crippen LogP contribution >= 0.6 is 12.2 Å². The first-order valence-corrected chi connectivity index (χ1v) is 5.95. The maximum Gasteiger partial charge on any atom is 0.223 e. The number of ether oxygens (including phenoxy) is 1. The highest BCUT2D eigenvalue weighted by atomic mass is 32.1. The van der Waals surface area contributed by atoms with Crippen LogP contribution in [0.1, 0.15) is 19.5 Å². The summed E-state index contributed by atoms with van der Waals surface area (Å²) in [5.41, 5.74) is 6.05. The molecule has 0 atom stereocenters. The van der Waals surface area contributed by atoms with E-state index < -0.39 is 0 Å². The van der Waals surface area contributed by atoms with Gasteiger partial charge in [-0.3, -0.25) is 0 Å². The van der Waals surface area contributed by atoms with Crippen molar-refractivity contribution < 1.29 is 4.74 Å². The van der Waals surface area contributed by atoms with E-state index in [-0.39, 0.29) is 4.99 Å². The van der Waals surface area contributed by atoms with E-state index in [0.717, 1.165) is 6.61 Å². The lowest BCUT2D eigenvalue weighted by atomic mass is 10.2. The summed E-state index contributed by atoms with van der Waals surface area (Å²) in [7, 11) is 0. The van der Waals surface area contributed by atoms with Gasteiger partial charge < -0.3 is 15.8 Å². The first-order valence-electron chi connectivity index (χ1n) is 5.54. The Morgan fingerprint density at radius 3 is 3.00 bits per heavy atom. The molecule has 0 amide bonds. The summed E-state index contributed by atoms with van der Waals surface area (Å²) in [6.07, 6.45) is 1.62. The van der Waals surface area contributed by atoms with Gasteiger partial charge in [0.15, 0.2) is 0 Å². The number of nitrogens with one attached hydrogen (secondary N) is 1. The summed E-state index contributed by atoms with van der Waals surface area (Å²) < 4.78 is 5.43. The molecule has 1 rings (SSSR count). The van der Waals surface area contributed by atoms with Gasteiger partial charge in [0.25, 0.3) is 0 Å². The molecule has 17 heavy (non-hydrogen) atoms. The third kappa shape index (κ3) is 5.55. The van der Waals surface area contributed by atoms with Crippen molar-refractivity contribution in [3.63, 3.8) is 0 Å². The molecule has 1 aromatic rings. The second kappa shape index (κ2) is 7.13. The van der Waals surface area contributed by atoms with Gasteiger partial charge in [-0.2, -0.15) is 0 Å². The zero-order valence-corrected chi connectivity index (χ0v) is 11.0. The van der Waals surface area contributed by atoms with E-state index in [1.165, 1.54) is 0 Å². The van der Waals surface area contributed by atoms with Gasteiger partial charge >= 0.3 is 0 Å². The molecule has 3 N–H and O–H groups in total. The fraction of sp³-hybridized carbons (Fsp3) is 0.545. The smallest absolute Gasteiger partial charge is 0.223 e. The van der Waals surface area contributed by atoms with Crippen LogP contribution in [0, 0.1) is 5.92 Å².